The van der Waals surface area contributed by atoms with Crippen LogP contribution in [-0.4, -0.2) is 49.5 Å². The number of benzene rings is 3. The molecule has 0 amide bonds. The molecule has 39 heavy (non-hydrogen) atoms. The van der Waals surface area contributed by atoms with Crippen LogP contribution in [0.5, 0.6) is 0 Å². The number of fused-ring (bicyclic) bond motifs is 1. The Morgan fingerprint density at radius 1 is 0.718 bits per heavy atom. The summed E-state index contributed by atoms with van der Waals surface area (Å²) in [5, 5.41) is 0.0655. The monoisotopic (exact) mass is 556 g/mol. The van der Waals surface area contributed by atoms with Gasteiger partial charge in [-0.25, -0.2) is 18.4 Å². The van der Waals surface area contributed by atoms with Crippen LogP contribution in [0.3, 0.4) is 0 Å². The molecule has 0 saturated carbocycles. The van der Waals surface area contributed by atoms with Crippen LogP contribution in [0.25, 0.3) is 22.2 Å². The molecule has 1 aliphatic rings. The van der Waals surface area contributed by atoms with E-state index in [1.54, 1.807) is 30.5 Å². The van der Waals surface area contributed by atoms with Gasteiger partial charge in [0.2, 0.25) is 0 Å². The molecule has 2 aromatic heterocycles. The van der Waals surface area contributed by atoms with Crippen LogP contribution in [0, 0.1) is 0 Å². The smallest absolute Gasteiger partial charge is 0.261 e. The van der Waals surface area contributed by atoms with Crippen molar-refractivity contribution in [2.45, 2.75) is 4.90 Å². The van der Waals surface area contributed by atoms with E-state index in [0.717, 1.165) is 48.6 Å². The number of hydrogen-bond acceptors (Lipinski definition) is 7. The van der Waals surface area contributed by atoms with Gasteiger partial charge >= 0.3 is 0 Å². The molecule has 196 valence electrons. The van der Waals surface area contributed by atoms with Gasteiger partial charge in [0, 0.05) is 43.6 Å². The number of para-hydroxylation sites is 1. The Hall–Kier alpha value is -4.21. The van der Waals surface area contributed by atoms with Gasteiger partial charge < -0.3 is 9.80 Å². The van der Waals surface area contributed by atoms with Crippen molar-refractivity contribution in [1.82, 2.24) is 15.0 Å². The molecule has 6 rings (SSSR count). The number of sulfonamides is 1. The molecule has 0 unspecified atom stereocenters. The number of halogens is 1. The topological polar surface area (TPSA) is 91.3 Å². The van der Waals surface area contributed by atoms with E-state index in [0.29, 0.717) is 5.56 Å². The molecule has 0 spiro atoms. The minimum absolute atomic E-state index is 0.0655. The van der Waals surface area contributed by atoms with E-state index in [-0.39, 0.29) is 15.7 Å². The van der Waals surface area contributed by atoms with Gasteiger partial charge in [0.15, 0.2) is 5.15 Å². The number of aromatic nitrogens is 3. The van der Waals surface area contributed by atoms with Gasteiger partial charge in [-0.05, 0) is 48.0 Å². The highest BCUT2D eigenvalue weighted by Gasteiger charge is 2.20. The first kappa shape index (κ1) is 25.1. The van der Waals surface area contributed by atoms with Crippen molar-refractivity contribution >= 4 is 49.9 Å². The summed E-state index contributed by atoms with van der Waals surface area (Å²) in [5.74, 6) is 0.831. The fraction of sp³-hybridized carbons (Fsp3) is 0.138. The predicted molar refractivity (Wildman–Crippen MR) is 156 cm³/mol. The Kier molecular flexibility index (Phi) is 6.76. The number of pyridine rings is 1. The molecule has 0 aliphatic carbocycles. The highest BCUT2D eigenvalue weighted by molar-refractivity contribution is 7.92. The first-order chi connectivity index (χ1) is 19.0. The minimum atomic E-state index is -3.82. The van der Waals surface area contributed by atoms with E-state index < -0.39 is 10.0 Å². The molecule has 10 heteroatoms. The maximum atomic E-state index is 12.8. The summed E-state index contributed by atoms with van der Waals surface area (Å²) in [6.07, 6.45) is 3.43. The van der Waals surface area contributed by atoms with Crippen LogP contribution in [0.2, 0.25) is 5.15 Å². The van der Waals surface area contributed by atoms with Crippen LogP contribution >= 0.6 is 11.6 Å². The van der Waals surface area contributed by atoms with E-state index >= 15 is 0 Å². The summed E-state index contributed by atoms with van der Waals surface area (Å²) in [6, 6.07) is 26.0. The standard InChI is InChI=1S/C29H25ClN6O2S/c30-29-27(34-39(37,38)24-9-5-2-6-10-24)18-22(19-32-29)21-11-12-25-26(17-21)33-28(20-31-25)36-15-13-35(14-16-36)23-7-3-1-4-8-23/h1-12,17-20,34H,13-16H2. The SMILES string of the molecule is O=S(=O)(Nc1cc(-c2ccc3ncc(N4CCN(c5ccccc5)CC4)nc3c2)cnc1Cl)c1ccccc1. The van der Waals surface area contributed by atoms with Crippen molar-refractivity contribution in [2.75, 3.05) is 40.7 Å². The molecule has 0 atom stereocenters. The fourth-order valence-corrected chi connectivity index (χ4v) is 5.93. The molecule has 8 nitrogen and oxygen atoms in total. The van der Waals surface area contributed by atoms with Crippen LogP contribution in [0.1, 0.15) is 0 Å². The average Bonchev–Trinajstić information content (AvgIpc) is 2.98. The number of hydrogen-bond donors (Lipinski definition) is 1. The first-order valence-corrected chi connectivity index (χ1v) is 14.4. The second kappa shape index (κ2) is 10.5. The van der Waals surface area contributed by atoms with Crippen molar-refractivity contribution in [3.63, 3.8) is 0 Å². The van der Waals surface area contributed by atoms with Crippen LogP contribution in [-0.2, 0) is 10.0 Å². The molecule has 1 aliphatic heterocycles. The fourth-order valence-electron chi connectivity index (χ4n) is 4.65. The van der Waals surface area contributed by atoms with E-state index in [2.05, 4.69) is 48.8 Å². The molecule has 1 N–H and O–H groups in total. The molecule has 3 aromatic carbocycles. The maximum absolute atomic E-state index is 12.8. The highest BCUT2D eigenvalue weighted by Crippen LogP contribution is 2.30. The number of nitrogens with zero attached hydrogens (tertiary/aromatic N) is 5. The molecule has 3 heterocycles. The zero-order valence-electron chi connectivity index (χ0n) is 20.9. The van der Waals surface area contributed by atoms with Crippen LogP contribution in [0.4, 0.5) is 17.2 Å². The lowest BCUT2D eigenvalue weighted by atomic mass is 10.1. The summed E-state index contributed by atoms with van der Waals surface area (Å²) in [7, 11) is -3.82. The molecule has 1 saturated heterocycles. The number of nitrogens with one attached hydrogen (secondary N) is 1. The summed E-state index contributed by atoms with van der Waals surface area (Å²) >= 11 is 6.26. The number of piperazine rings is 1. The third-order valence-corrected chi connectivity index (χ3v) is 8.41. The third-order valence-electron chi connectivity index (χ3n) is 6.72. The molecular weight excluding hydrogens is 532 g/mol. The van der Waals surface area contributed by atoms with E-state index in [4.69, 9.17) is 16.6 Å². The van der Waals surface area contributed by atoms with E-state index in [1.165, 1.54) is 17.8 Å². The Bertz CT molecular complexity index is 1730. The molecule has 5 aromatic rings. The second-order valence-corrected chi connectivity index (χ2v) is 11.3. The van der Waals surface area contributed by atoms with Gasteiger partial charge in [-0.1, -0.05) is 54.1 Å². The Labute approximate surface area is 232 Å². The summed E-state index contributed by atoms with van der Waals surface area (Å²) in [5.41, 5.74) is 4.49. The van der Waals surface area contributed by atoms with Crippen molar-refractivity contribution in [3.8, 4) is 11.1 Å². The second-order valence-electron chi connectivity index (χ2n) is 9.22. The largest absolute Gasteiger partial charge is 0.368 e. The van der Waals surface area contributed by atoms with Crippen molar-refractivity contribution in [2.24, 2.45) is 0 Å². The molecule has 1 fully saturated rings. The van der Waals surface area contributed by atoms with Gasteiger partial charge in [0.1, 0.15) is 5.82 Å². The highest BCUT2D eigenvalue weighted by atomic mass is 35.5. The maximum Gasteiger partial charge on any atom is 0.261 e. The quantitative estimate of drug-likeness (QED) is 0.277. The normalized spacial score (nSPS) is 14.0. The van der Waals surface area contributed by atoms with Gasteiger partial charge in [-0.15, -0.1) is 0 Å². The molecule has 0 radical (unpaired) electrons. The zero-order chi connectivity index (χ0) is 26.8. The third kappa shape index (κ3) is 5.36. The van der Waals surface area contributed by atoms with Crippen molar-refractivity contribution < 1.29 is 8.42 Å². The molecular formula is C29H25ClN6O2S. The lowest BCUT2D eigenvalue weighted by molar-refractivity contribution is 0.601. The van der Waals surface area contributed by atoms with Gasteiger partial charge in [0.25, 0.3) is 10.0 Å². The average molecular weight is 557 g/mol. The Morgan fingerprint density at radius 2 is 1.41 bits per heavy atom. The first-order valence-electron chi connectivity index (χ1n) is 12.5. The van der Waals surface area contributed by atoms with Gasteiger partial charge in [-0.3, -0.25) is 9.71 Å². The van der Waals surface area contributed by atoms with Crippen molar-refractivity contribution in [3.05, 3.63) is 102 Å². The van der Waals surface area contributed by atoms with E-state index in [9.17, 15) is 8.42 Å². The van der Waals surface area contributed by atoms with Gasteiger partial charge in [0.05, 0.1) is 27.8 Å². The van der Waals surface area contributed by atoms with E-state index in [1.807, 2.05) is 30.5 Å². The van der Waals surface area contributed by atoms with Crippen LogP contribution in [0.15, 0.2) is 102 Å². The van der Waals surface area contributed by atoms with Crippen molar-refractivity contribution in [1.29, 1.82) is 0 Å². The molecule has 0 bridgehead atoms. The predicted octanol–water partition coefficient (Wildman–Crippen LogP) is 5.47. The van der Waals surface area contributed by atoms with Crippen LogP contribution < -0.4 is 14.5 Å². The summed E-state index contributed by atoms with van der Waals surface area (Å²) in [4.78, 5) is 18.5. The summed E-state index contributed by atoms with van der Waals surface area (Å²) < 4.78 is 28.2. The lowest BCUT2D eigenvalue weighted by Crippen LogP contribution is -2.46. The summed E-state index contributed by atoms with van der Waals surface area (Å²) in [6.45, 7) is 3.51. The zero-order valence-corrected chi connectivity index (χ0v) is 22.5. The Morgan fingerprint density at radius 3 is 2.15 bits per heavy atom. The number of rotatable bonds is 6. The number of anilines is 3. The Balaban J connectivity index is 1.24. The lowest BCUT2D eigenvalue weighted by Gasteiger charge is -2.36. The minimum Gasteiger partial charge on any atom is -0.368 e. The van der Waals surface area contributed by atoms with Gasteiger partial charge in [-0.2, -0.15) is 0 Å².